The van der Waals surface area contributed by atoms with Gasteiger partial charge in [0.15, 0.2) is 0 Å². The van der Waals surface area contributed by atoms with Crippen LogP contribution >= 0.6 is 0 Å². The summed E-state index contributed by atoms with van der Waals surface area (Å²) < 4.78 is 27.1. The minimum atomic E-state index is -0.551. The molecule has 1 heterocycles. The molecule has 2 aliphatic rings. The lowest BCUT2D eigenvalue weighted by Crippen LogP contribution is -2.45. The van der Waals surface area contributed by atoms with Crippen LogP contribution in [0.4, 0.5) is 8.78 Å². The zero-order chi connectivity index (χ0) is 16.2. The molecule has 0 aromatic heterocycles. The van der Waals surface area contributed by atoms with Crippen LogP contribution in [-0.4, -0.2) is 29.9 Å². The number of nitrogens with zero attached hydrogens (tertiary/aromatic N) is 1. The van der Waals surface area contributed by atoms with Gasteiger partial charge in [-0.1, -0.05) is 18.9 Å². The van der Waals surface area contributed by atoms with Crippen molar-refractivity contribution < 1.29 is 13.6 Å². The predicted octanol–water partition coefficient (Wildman–Crippen LogP) is 3.24. The van der Waals surface area contributed by atoms with Gasteiger partial charge in [0.1, 0.15) is 11.6 Å². The van der Waals surface area contributed by atoms with E-state index in [1.54, 1.807) is 0 Å². The van der Waals surface area contributed by atoms with Crippen molar-refractivity contribution in [2.75, 3.05) is 13.1 Å². The fourth-order valence-electron chi connectivity index (χ4n) is 3.87. The largest absolute Gasteiger partial charge is 0.356 e. The van der Waals surface area contributed by atoms with Crippen LogP contribution in [0, 0.1) is 17.6 Å². The fourth-order valence-corrected chi connectivity index (χ4v) is 3.87. The van der Waals surface area contributed by atoms with E-state index >= 15 is 0 Å². The van der Waals surface area contributed by atoms with Crippen LogP contribution in [0.1, 0.15) is 44.1 Å². The van der Waals surface area contributed by atoms with E-state index in [0.29, 0.717) is 12.1 Å². The summed E-state index contributed by atoms with van der Waals surface area (Å²) in [6.45, 7) is 2.07. The Morgan fingerprint density at radius 3 is 2.83 bits per heavy atom. The second-order valence-electron chi connectivity index (χ2n) is 6.66. The lowest BCUT2D eigenvalue weighted by Gasteiger charge is -2.33. The molecule has 0 unspecified atom stereocenters. The van der Waals surface area contributed by atoms with Crippen molar-refractivity contribution in [2.24, 2.45) is 5.92 Å². The first-order chi connectivity index (χ1) is 11.1. The molecule has 0 radical (unpaired) electrons. The van der Waals surface area contributed by atoms with Crippen molar-refractivity contribution in [3.05, 3.63) is 35.4 Å². The molecular weight excluding hydrogens is 298 g/mol. The Balaban J connectivity index is 1.79. The number of carbonyl (C=O) groups excluding carboxylic acids is 1. The predicted molar refractivity (Wildman–Crippen MR) is 84.8 cm³/mol. The first-order valence-electron chi connectivity index (χ1n) is 8.61. The first-order valence-corrected chi connectivity index (χ1v) is 8.61. The monoisotopic (exact) mass is 322 g/mol. The first kappa shape index (κ1) is 16.4. The summed E-state index contributed by atoms with van der Waals surface area (Å²) in [5.41, 5.74) is 0.509. The Hall–Kier alpha value is -1.49. The van der Waals surface area contributed by atoms with Crippen LogP contribution in [0.25, 0.3) is 0 Å². The smallest absolute Gasteiger partial charge is 0.224 e. The number of carbonyl (C=O) groups is 1. The molecule has 1 saturated heterocycles. The molecule has 1 N–H and O–H groups in total. The van der Waals surface area contributed by atoms with Gasteiger partial charge >= 0.3 is 0 Å². The standard InChI is InChI=1S/C18H24F2N2O/c19-14-8-7-13(16(20)11-14)12-22-10-3-1-2-9-21-18(23)15-5-4-6-17(15)22/h7-8,11,15,17H,1-6,9-10,12H2,(H,21,23)/t15-,17+/m1/s1. The Labute approximate surface area is 136 Å². The number of nitrogens with one attached hydrogen (secondary N) is 1. The van der Waals surface area contributed by atoms with Crippen molar-refractivity contribution in [3.63, 3.8) is 0 Å². The summed E-state index contributed by atoms with van der Waals surface area (Å²) in [7, 11) is 0. The van der Waals surface area contributed by atoms with E-state index in [1.807, 2.05) is 0 Å². The van der Waals surface area contributed by atoms with Crippen LogP contribution in [-0.2, 0) is 11.3 Å². The Morgan fingerprint density at radius 1 is 1.13 bits per heavy atom. The maximum Gasteiger partial charge on any atom is 0.224 e. The molecule has 2 atom stereocenters. The van der Waals surface area contributed by atoms with Crippen molar-refractivity contribution in [1.82, 2.24) is 10.2 Å². The van der Waals surface area contributed by atoms with Crippen molar-refractivity contribution in [2.45, 2.75) is 51.1 Å². The van der Waals surface area contributed by atoms with Gasteiger partial charge in [-0.05, 0) is 38.3 Å². The molecule has 0 bridgehead atoms. The summed E-state index contributed by atoms with van der Waals surface area (Å²) in [4.78, 5) is 14.6. The van der Waals surface area contributed by atoms with Crippen LogP contribution in [0.2, 0.25) is 0 Å². The molecular formula is C18H24F2N2O. The molecule has 2 fully saturated rings. The average Bonchev–Trinajstić information content (AvgIpc) is 3.00. The van der Waals surface area contributed by atoms with Crippen LogP contribution < -0.4 is 5.32 Å². The maximum atomic E-state index is 14.0. The van der Waals surface area contributed by atoms with E-state index in [0.717, 1.165) is 57.7 Å². The van der Waals surface area contributed by atoms with Crippen molar-refractivity contribution in [3.8, 4) is 0 Å². The summed E-state index contributed by atoms with van der Waals surface area (Å²) in [6.07, 6.45) is 5.99. The molecule has 5 heteroatoms. The fraction of sp³-hybridized carbons (Fsp3) is 0.611. The summed E-state index contributed by atoms with van der Waals surface area (Å²) in [5, 5.41) is 3.04. The van der Waals surface area contributed by atoms with Gasteiger partial charge in [0, 0.05) is 30.8 Å². The number of halogens is 2. The van der Waals surface area contributed by atoms with E-state index in [-0.39, 0.29) is 17.9 Å². The lowest BCUT2D eigenvalue weighted by atomic mass is 9.98. The number of rotatable bonds is 2. The number of fused-ring (bicyclic) bond motifs is 1. The van der Waals surface area contributed by atoms with Gasteiger partial charge in [0.25, 0.3) is 0 Å². The highest BCUT2D eigenvalue weighted by molar-refractivity contribution is 5.79. The highest BCUT2D eigenvalue weighted by Crippen LogP contribution is 2.32. The zero-order valence-electron chi connectivity index (χ0n) is 13.4. The number of amides is 1. The Morgan fingerprint density at radius 2 is 2.00 bits per heavy atom. The SMILES string of the molecule is O=C1NCCCCCN(Cc2ccc(F)cc2F)[C@H]2CCC[C@@H]12. The second kappa shape index (κ2) is 7.39. The van der Waals surface area contributed by atoms with Gasteiger partial charge in [0.05, 0.1) is 5.92 Å². The Bertz CT molecular complexity index is 564. The summed E-state index contributed by atoms with van der Waals surface area (Å²) >= 11 is 0. The quantitative estimate of drug-likeness (QED) is 0.906. The van der Waals surface area contributed by atoms with Gasteiger partial charge in [-0.15, -0.1) is 0 Å². The third kappa shape index (κ3) is 3.89. The number of hydrogen-bond donors (Lipinski definition) is 1. The van der Waals surface area contributed by atoms with E-state index < -0.39 is 11.6 Å². The van der Waals surface area contributed by atoms with E-state index in [9.17, 15) is 13.6 Å². The molecule has 1 saturated carbocycles. The Kier molecular flexibility index (Phi) is 5.26. The van der Waals surface area contributed by atoms with Crippen molar-refractivity contribution >= 4 is 5.91 Å². The third-order valence-electron chi connectivity index (χ3n) is 5.10. The normalized spacial score (nSPS) is 26.6. The summed E-state index contributed by atoms with van der Waals surface area (Å²) in [6, 6.07) is 3.93. The zero-order valence-corrected chi connectivity index (χ0v) is 13.4. The molecule has 1 aromatic carbocycles. The molecule has 0 spiro atoms. The molecule has 1 aliphatic heterocycles. The molecule has 3 rings (SSSR count). The van der Waals surface area contributed by atoms with Crippen LogP contribution in [0.5, 0.6) is 0 Å². The van der Waals surface area contributed by atoms with E-state index in [4.69, 9.17) is 0 Å². The van der Waals surface area contributed by atoms with Crippen molar-refractivity contribution in [1.29, 1.82) is 0 Å². The topological polar surface area (TPSA) is 32.3 Å². The molecule has 1 aliphatic carbocycles. The third-order valence-corrected chi connectivity index (χ3v) is 5.10. The van der Waals surface area contributed by atoms with Crippen LogP contribution in [0.15, 0.2) is 18.2 Å². The number of benzene rings is 1. The summed E-state index contributed by atoms with van der Waals surface area (Å²) in [5.74, 6) is -0.915. The molecule has 3 nitrogen and oxygen atoms in total. The number of hydrogen-bond acceptors (Lipinski definition) is 2. The minimum absolute atomic E-state index is 0.00314. The highest BCUT2D eigenvalue weighted by atomic mass is 19.1. The van der Waals surface area contributed by atoms with Gasteiger partial charge < -0.3 is 5.32 Å². The molecule has 1 amide bonds. The van der Waals surface area contributed by atoms with Gasteiger partial charge in [-0.25, -0.2) is 8.78 Å². The van der Waals surface area contributed by atoms with Crippen LogP contribution in [0.3, 0.4) is 0 Å². The lowest BCUT2D eigenvalue weighted by molar-refractivity contribution is -0.126. The van der Waals surface area contributed by atoms with Gasteiger partial charge in [-0.3, -0.25) is 9.69 Å². The van der Waals surface area contributed by atoms with Gasteiger partial charge in [0.2, 0.25) is 5.91 Å². The van der Waals surface area contributed by atoms with E-state index in [1.165, 1.54) is 12.1 Å². The molecule has 126 valence electrons. The molecule has 1 aromatic rings. The average molecular weight is 322 g/mol. The molecule has 23 heavy (non-hydrogen) atoms. The second-order valence-corrected chi connectivity index (χ2v) is 6.66. The van der Waals surface area contributed by atoms with Gasteiger partial charge in [-0.2, -0.15) is 0 Å². The maximum absolute atomic E-state index is 14.0. The minimum Gasteiger partial charge on any atom is -0.356 e. The highest BCUT2D eigenvalue weighted by Gasteiger charge is 2.37. The van der Waals surface area contributed by atoms with E-state index in [2.05, 4.69) is 10.2 Å².